The number of amides is 2. The van der Waals surface area contributed by atoms with Gasteiger partial charge in [0.05, 0.1) is 0 Å². The van der Waals surface area contributed by atoms with E-state index >= 15 is 0 Å². The molecule has 0 radical (unpaired) electrons. The van der Waals surface area contributed by atoms with E-state index in [4.69, 9.17) is 5.11 Å². The first-order valence-electron chi connectivity index (χ1n) is 8.65. The van der Waals surface area contributed by atoms with Gasteiger partial charge in [0.2, 0.25) is 5.91 Å². The van der Waals surface area contributed by atoms with Crippen molar-refractivity contribution in [1.29, 1.82) is 0 Å². The Morgan fingerprint density at radius 2 is 1.86 bits per heavy atom. The summed E-state index contributed by atoms with van der Waals surface area (Å²) in [4.78, 5) is 24.6. The number of hydrogen-bond acceptors (Lipinski definition) is 2. The summed E-state index contributed by atoms with van der Waals surface area (Å²) in [6, 6.07) is 0. The highest BCUT2D eigenvalue weighted by molar-refractivity contribution is 5.79. The second kappa shape index (κ2) is 5.74. The van der Waals surface area contributed by atoms with Gasteiger partial charge >= 0.3 is 6.09 Å². The molecule has 3 atom stereocenters. The van der Waals surface area contributed by atoms with E-state index in [1.807, 2.05) is 0 Å². The van der Waals surface area contributed by atoms with E-state index in [1.165, 1.54) is 24.2 Å². The van der Waals surface area contributed by atoms with Gasteiger partial charge in [-0.2, -0.15) is 0 Å². The van der Waals surface area contributed by atoms with E-state index in [9.17, 15) is 9.59 Å². The minimum absolute atomic E-state index is 0.0126. The molecule has 4 rings (SSSR count). The molecule has 2 N–H and O–H groups in total. The van der Waals surface area contributed by atoms with Crippen LogP contribution in [0.15, 0.2) is 0 Å². The molecule has 5 nitrogen and oxygen atoms in total. The Kier molecular flexibility index (Phi) is 4.08. The predicted octanol–water partition coefficient (Wildman–Crippen LogP) is 2.56. The number of carbonyl (C=O) groups is 2. The van der Waals surface area contributed by atoms with Crippen LogP contribution in [0.25, 0.3) is 0 Å². The van der Waals surface area contributed by atoms with Gasteiger partial charge in [0.1, 0.15) is 0 Å². The molecule has 2 bridgehead atoms. The largest absolute Gasteiger partial charge is 0.465 e. The summed E-state index contributed by atoms with van der Waals surface area (Å²) in [6.07, 6.45) is 4.32. The molecule has 0 aromatic carbocycles. The van der Waals surface area contributed by atoms with Crippen molar-refractivity contribution in [2.45, 2.75) is 46.0 Å². The van der Waals surface area contributed by atoms with Crippen molar-refractivity contribution in [3.05, 3.63) is 0 Å². The Morgan fingerprint density at radius 1 is 1.18 bits per heavy atom. The van der Waals surface area contributed by atoms with Crippen LogP contribution in [0.4, 0.5) is 4.79 Å². The molecule has 22 heavy (non-hydrogen) atoms. The van der Waals surface area contributed by atoms with Crippen molar-refractivity contribution in [3.63, 3.8) is 0 Å². The molecule has 4 aliphatic rings. The van der Waals surface area contributed by atoms with E-state index in [1.54, 1.807) is 0 Å². The molecule has 2 amide bonds. The zero-order valence-corrected chi connectivity index (χ0v) is 13.7. The van der Waals surface area contributed by atoms with Gasteiger partial charge in [-0.05, 0) is 55.3 Å². The van der Waals surface area contributed by atoms with Crippen LogP contribution in [0.3, 0.4) is 0 Å². The van der Waals surface area contributed by atoms with Crippen molar-refractivity contribution < 1.29 is 14.7 Å². The maximum absolute atomic E-state index is 12.3. The van der Waals surface area contributed by atoms with E-state index in [-0.39, 0.29) is 11.8 Å². The Labute approximate surface area is 132 Å². The molecule has 1 saturated heterocycles. The number of fused-ring (bicyclic) bond motifs is 2. The molecule has 0 unspecified atom stereocenters. The first kappa shape index (κ1) is 15.6. The molecule has 1 heterocycles. The van der Waals surface area contributed by atoms with E-state index in [0.717, 1.165) is 18.4 Å². The van der Waals surface area contributed by atoms with Crippen LogP contribution in [0.1, 0.15) is 46.0 Å². The summed E-state index contributed by atoms with van der Waals surface area (Å²) < 4.78 is 0. The van der Waals surface area contributed by atoms with Crippen LogP contribution in [-0.2, 0) is 4.79 Å². The summed E-state index contributed by atoms with van der Waals surface area (Å²) in [5.41, 5.74) is 0.459. The van der Waals surface area contributed by atoms with Crippen LogP contribution in [0, 0.1) is 29.1 Å². The van der Waals surface area contributed by atoms with E-state index in [2.05, 4.69) is 19.2 Å². The number of nitrogens with one attached hydrogen (secondary N) is 1. The summed E-state index contributed by atoms with van der Waals surface area (Å²) in [5.74, 6) is 2.40. The van der Waals surface area contributed by atoms with E-state index < -0.39 is 6.09 Å². The number of piperidine rings is 1. The van der Waals surface area contributed by atoms with Gasteiger partial charge in [-0.15, -0.1) is 0 Å². The number of likely N-dealkylation sites (tertiary alicyclic amines) is 1. The summed E-state index contributed by atoms with van der Waals surface area (Å²) >= 11 is 0. The van der Waals surface area contributed by atoms with Crippen molar-refractivity contribution in [1.82, 2.24) is 10.2 Å². The van der Waals surface area contributed by atoms with Crippen molar-refractivity contribution >= 4 is 12.0 Å². The van der Waals surface area contributed by atoms with Gasteiger partial charge in [-0.1, -0.05) is 13.8 Å². The first-order valence-corrected chi connectivity index (χ1v) is 8.65. The van der Waals surface area contributed by atoms with Crippen molar-refractivity contribution in [3.8, 4) is 0 Å². The molecule has 4 fully saturated rings. The lowest BCUT2D eigenvalue weighted by molar-refractivity contribution is -0.129. The second-order valence-electron chi connectivity index (χ2n) is 7.99. The summed E-state index contributed by atoms with van der Waals surface area (Å²) in [6.45, 7) is 6.52. The van der Waals surface area contributed by atoms with Crippen LogP contribution in [0.5, 0.6) is 0 Å². The number of carboxylic acid groups (broad SMARTS) is 1. The highest BCUT2D eigenvalue weighted by Crippen LogP contribution is 2.61. The maximum Gasteiger partial charge on any atom is 0.407 e. The van der Waals surface area contributed by atoms with Crippen LogP contribution < -0.4 is 5.32 Å². The third-order valence-electron chi connectivity index (χ3n) is 6.68. The van der Waals surface area contributed by atoms with Crippen LogP contribution >= 0.6 is 0 Å². The zero-order chi connectivity index (χ0) is 15.9. The number of nitrogens with zero attached hydrogens (tertiary/aromatic N) is 1. The lowest BCUT2D eigenvalue weighted by Gasteiger charge is -2.60. The third kappa shape index (κ3) is 2.70. The normalized spacial score (nSPS) is 33.9. The monoisotopic (exact) mass is 308 g/mol. The molecule has 3 aliphatic carbocycles. The molecule has 3 saturated carbocycles. The fourth-order valence-electron chi connectivity index (χ4n) is 4.92. The SMILES string of the molecule is CC1(C)[C@H]2CC[C@@H](CNC(=O)C3CCN(C(=O)O)CC3)[C@@H]1C2. The Bertz CT molecular complexity index is 453. The van der Waals surface area contributed by atoms with Crippen molar-refractivity contribution in [2.24, 2.45) is 29.1 Å². The molecule has 0 aromatic rings. The van der Waals surface area contributed by atoms with Gasteiger partial charge in [-0.3, -0.25) is 4.79 Å². The van der Waals surface area contributed by atoms with Crippen molar-refractivity contribution in [2.75, 3.05) is 19.6 Å². The number of hydrogen-bond donors (Lipinski definition) is 2. The molecular formula is C17H28N2O3. The average molecular weight is 308 g/mol. The minimum Gasteiger partial charge on any atom is -0.465 e. The minimum atomic E-state index is -0.872. The lowest BCUT2D eigenvalue weighted by Crippen LogP contribution is -2.55. The topological polar surface area (TPSA) is 69.6 Å². The highest BCUT2D eigenvalue weighted by Gasteiger charge is 2.53. The molecule has 124 valence electrons. The lowest BCUT2D eigenvalue weighted by atomic mass is 9.45. The number of carbonyl (C=O) groups excluding carboxylic acids is 1. The summed E-state index contributed by atoms with van der Waals surface area (Å²) in [7, 11) is 0. The Balaban J connectivity index is 1.44. The Hall–Kier alpha value is -1.26. The van der Waals surface area contributed by atoms with Gasteiger partial charge in [0.15, 0.2) is 0 Å². The zero-order valence-electron chi connectivity index (χ0n) is 13.7. The Morgan fingerprint density at radius 3 is 2.41 bits per heavy atom. The third-order valence-corrected chi connectivity index (χ3v) is 6.68. The van der Waals surface area contributed by atoms with Crippen LogP contribution in [-0.4, -0.2) is 41.6 Å². The van der Waals surface area contributed by atoms with Crippen LogP contribution in [0.2, 0.25) is 0 Å². The fraction of sp³-hybridized carbons (Fsp3) is 0.882. The van der Waals surface area contributed by atoms with Gasteiger partial charge in [0, 0.05) is 25.6 Å². The maximum atomic E-state index is 12.3. The molecular weight excluding hydrogens is 280 g/mol. The average Bonchev–Trinajstić information content (AvgIpc) is 2.52. The molecule has 0 aromatic heterocycles. The first-order chi connectivity index (χ1) is 10.4. The predicted molar refractivity (Wildman–Crippen MR) is 83.4 cm³/mol. The van der Waals surface area contributed by atoms with Gasteiger partial charge < -0.3 is 15.3 Å². The number of rotatable bonds is 3. The molecule has 5 heteroatoms. The molecule has 0 spiro atoms. The van der Waals surface area contributed by atoms with Gasteiger partial charge in [-0.25, -0.2) is 4.79 Å². The summed E-state index contributed by atoms with van der Waals surface area (Å²) in [5, 5.41) is 12.1. The second-order valence-corrected chi connectivity index (χ2v) is 7.99. The fourth-order valence-corrected chi connectivity index (χ4v) is 4.92. The molecule has 1 aliphatic heterocycles. The van der Waals surface area contributed by atoms with E-state index in [0.29, 0.717) is 37.3 Å². The smallest absolute Gasteiger partial charge is 0.407 e. The van der Waals surface area contributed by atoms with Gasteiger partial charge in [0.25, 0.3) is 0 Å². The quantitative estimate of drug-likeness (QED) is 0.842. The highest BCUT2D eigenvalue weighted by atomic mass is 16.4. The standard InChI is InChI=1S/C17H28N2O3/c1-17(2)13-4-3-12(14(17)9-13)10-18-15(20)11-5-7-19(8-6-11)16(21)22/h11-14H,3-10H2,1-2H3,(H,18,20)(H,21,22)/t12-,13-,14-/m0/s1.